The van der Waals surface area contributed by atoms with Crippen molar-refractivity contribution in [3.05, 3.63) is 29.8 Å². The molecule has 0 aromatic carbocycles. The van der Waals surface area contributed by atoms with Crippen molar-refractivity contribution in [2.75, 3.05) is 5.32 Å². The molecule has 0 aliphatic rings. The van der Waals surface area contributed by atoms with Crippen LogP contribution in [0.2, 0.25) is 0 Å². The number of nitrogens with one attached hydrogen (secondary N) is 1. The maximum Gasteiger partial charge on any atom is 0.270 e. The molecule has 0 aliphatic carbocycles. The largest absolute Gasteiger partial charge is 0.288 e. The summed E-state index contributed by atoms with van der Waals surface area (Å²) in [5.41, 5.74) is -0.171. The Kier molecular flexibility index (Phi) is 2.54. The summed E-state index contributed by atoms with van der Waals surface area (Å²) < 4.78 is 13.1. The molecule has 16 heavy (non-hydrogen) atoms. The van der Waals surface area contributed by atoms with Gasteiger partial charge in [-0.05, 0) is 17.3 Å². The number of rotatable bonds is 2. The van der Waals surface area contributed by atoms with Gasteiger partial charge in [-0.3, -0.25) is 10.1 Å². The van der Waals surface area contributed by atoms with Gasteiger partial charge in [-0.15, -0.1) is 5.10 Å². The highest BCUT2D eigenvalue weighted by Gasteiger charge is 2.13. The summed E-state index contributed by atoms with van der Waals surface area (Å²) in [6.07, 6.45) is 1.26. The molecule has 1 N–H and O–H groups in total. The van der Waals surface area contributed by atoms with E-state index in [1.165, 1.54) is 23.1 Å². The molecule has 82 valence electrons. The van der Waals surface area contributed by atoms with Gasteiger partial charge in [0.15, 0.2) is 0 Å². The highest BCUT2D eigenvalue weighted by atomic mass is 19.1. The van der Waals surface area contributed by atoms with Crippen LogP contribution in [-0.2, 0) is 7.05 Å². The van der Waals surface area contributed by atoms with Gasteiger partial charge in [0, 0.05) is 6.20 Å². The number of halogens is 1. The van der Waals surface area contributed by atoms with E-state index in [4.69, 9.17) is 0 Å². The summed E-state index contributed by atoms with van der Waals surface area (Å²) in [7, 11) is 1.55. The molecule has 0 saturated carbocycles. The third kappa shape index (κ3) is 2.00. The maximum atomic E-state index is 13.1. The second kappa shape index (κ2) is 4.01. The van der Waals surface area contributed by atoms with Crippen LogP contribution in [-0.4, -0.2) is 31.1 Å². The number of pyridine rings is 1. The van der Waals surface area contributed by atoms with Crippen molar-refractivity contribution in [2.45, 2.75) is 0 Å². The Bertz CT molecular complexity index is 525. The van der Waals surface area contributed by atoms with Gasteiger partial charge in [-0.2, -0.15) is 9.19 Å². The van der Waals surface area contributed by atoms with E-state index in [1.807, 2.05) is 0 Å². The van der Waals surface area contributed by atoms with E-state index >= 15 is 0 Å². The smallest absolute Gasteiger partial charge is 0.270 e. The average Bonchev–Trinajstić information content (AvgIpc) is 2.64. The van der Waals surface area contributed by atoms with Crippen LogP contribution in [0.1, 0.15) is 10.4 Å². The van der Waals surface area contributed by atoms with Gasteiger partial charge in [0.1, 0.15) is 0 Å². The number of hydrogen-bond donors (Lipinski definition) is 1. The van der Waals surface area contributed by atoms with Crippen LogP contribution in [0.15, 0.2) is 18.3 Å². The molecule has 2 aromatic rings. The molecule has 2 aromatic heterocycles. The van der Waals surface area contributed by atoms with E-state index < -0.39 is 11.9 Å². The van der Waals surface area contributed by atoms with Gasteiger partial charge >= 0.3 is 0 Å². The molecule has 1 amide bonds. The number of carbonyl (C=O) groups excluding carboxylic acids is 1. The molecule has 2 rings (SSSR count). The van der Waals surface area contributed by atoms with Crippen molar-refractivity contribution in [3.63, 3.8) is 0 Å². The maximum absolute atomic E-state index is 13.1. The lowest BCUT2D eigenvalue weighted by atomic mass is 10.2. The second-order valence-electron chi connectivity index (χ2n) is 2.90. The second-order valence-corrected chi connectivity index (χ2v) is 2.90. The first kappa shape index (κ1) is 10.1. The van der Waals surface area contributed by atoms with Crippen LogP contribution in [0.3, 0.4) is 0 Å². The SMILES string of the molecule is Cn1nnc(NC(=O)c2cccnc2F)n1. The number of amides is 1. The Balaban J connectivity index is 2.18. The minimum atomic E-state index is -0.844. The van der Waals surface area contributed by atoms with Crippen LogP contribution >= 0.6 is 0 Å². The highest BCUT2D eigenvalue weighted by Crippen LogP contribution is 2.05. The van der Waals surface area contributed by atoms with Gasteiger partial charge in [0.25, 0.3) is 11.9 Å². The minimum Gasteiger partial charge on any atom is -0.288 e. The van der Waals surface area contributed by atoms with E-state index in [9.17, 15) is 9.18 Å². The first-order valence-corrected chi connectivity index (χ1v) is 4.32. The lowest BCUT2D eigenvalue weighted by Gasteiger charge is -2.00. The van der Waals surface area contributed by atoms with Crippen molar-refractivity contribution < 1.29 is 9.18 Å². The average molecular weight is 222 g/mol. The van der Waals surface area contributed by atoms with Crippen LogP contribution in [0.25, 0.3) is 0 Å². The Morgan fingerprint density at radius 1 is 1.56 bits per heavy atom. The van der Waals surface area contributed by atoms with Crippen LogP contribution < -0.4 is 5.32 Å². The molecular formula is C8H7FN6O. The summed E-state index contributed by atoms with van der Waals surface area (Å²) >= 11 is 0. The zero-order valence-corrected chi connectivity index (χ0v) is 8.25. The topological polar surface area (TPSA) is 85.6 Å². The molecule has 7 nitrogen and oxygen atoms in total. The number of anilines is 1. The van der Waals surface area contributed by atoms with Gasteiger partial charge in [0.2, 0.25) is 5.95 Å². The number of aromatic nitrogens is 5. The number of aryl methyl sites for hydroxylation is 1. The van der Waals surface area contributed by atoms with Crippen molar-refractivity contribution >= 4 is 11.9 Å². The first-order valence-electron chi connectivity index (χ1n) is 4.32. The molecule has 0 spiro atoms. The van der Waals surface area contributed by atoms with Gasteiger partial charge in [-0.25, -0.2) is 4.98 Å². The summed E-state index contributed by atoms with van der Waals surface area (Å²) in [6, 6.07) is 2.77. The molecule has 0 atom stereocenters. The molecule has 0 bridgehead atoms. The summed E-state index contributed by atoms with van der Waals surface area (Å²) in [6.45, 7) is 0. The third-order valence-electron chi connectivity index (χ3n) is 1.74. The molecule has 0 aliphatic heterocycles. The molecule has 0 unspecified atom stereocenters. The minimum absolute atomic E-state index is 0.00996. The summed E-state index contributed by atoms with van der Waals surface area (Å²) in [5, 5.41) is 13.1. The zero-order valence-electron chi connectivity index (χ0n) is 8.25. The van der Waals surface area contributed by atoms with Gasteiger partial charge in [0.05, 0.1) is 12.6 Å². The van der Waals surface area contributed by atoms with E-state index in [0.717, 1.165) is 0 Å². The summed E-state index contributed by atoms with van der Waals surface area (Å²) in [4.78, 5) is 16.1. The van der Waals surface area contributed by atoms with Crippen LogP contribution in [0.5, 0.6) is 0 Å². The Morgan fingerprint density at radius 2 is 2.38 bits per heavy atom. The molecule has 0 radical (unpaired) electrons. The standard InChI is InChI=1S/C8H7FN6O/c1-15-13-8(12-14-15)11-7(16)5-3-2-4-10-6(5)9/h2-4H,1H3,(H,11,13,16). The van der Waals surface area contributed by atoms with Crippen molar-refractivity contribution in [2.24, 2.45) is 7.05 Å². The number of hydrogen-bond acceptors (Lipinski definition) is 5. The van der Waals surface area contributed by atoms with Crippen molar-refractivity contribution in [1.82, 2.24) is 25.2 Å². The first-order chi connectivity index (χ1) is 7.66. The predicted octanol–water partition coefficient (Wildman–Crippen LogP) is -0.00350. The highest BCUT2D eigenvalue weighted by molar-refractivity contribution is 6.03. The Morgan fingerprint density at radius 3 is 3.00 bits per heavy atom. The number of tetrazole rings is 1. The number of carbonyl (C=O) groups is 1. The number of nitrogens with zero attached hydrogens (tertiary/aromatic N) is 5. The van der Waals surface area contributed by atoms with Crippen LogP contribution in [0.4, 0.5) is 10.3 Å². The molecule has 8 heteroatoms. The van der Waals surface area contributed by atoms with E-state index in [-0.39, 0.29) is 11.5 Å². The van der Waals surface area contributed by atoms with Gasteiger partial charge < -0.3 is 0 Å². The van der Waals surface area contributed by atoms with Crippen molar-refractivity contribution in [1.29, 1.82) is 0 Å². The monoisotopic (exact) mass is 222 g/mol. The van der Waals surface area contributed by atoms with Crippen molar-refractivity contribution in [3.8, 4) is 0 Å². The Hall–Kier alpha value is -2.38. The normalized spacial score (nSPS) is 10.1. The summed E-state index contributed by atoms with van der Waals surface area (Å²) in [5.74, 6) is -1.50. The molecule has 0 saturated heterocycles. The lowest BCUT2D eigenvalue weighted by Crippen LogP contribution is -2.15. The van der Waals surface area contributed by atoms with E-state index in [2.05, 4.69) is 25.7 Å². The fraction of sp³-hybridized carbons (Fsp3) is 0.125. The van der Waals surface area contributed by atoms with E-state index in [1.54, 1.807) is 7.05 Å². The molecule has 2 heterocycles. The Labute approximate surface area is 89.3 Å². The third-order valence-corrected chi connectivity index (χ3v) is 1.74. The van der Waals surface area contributed by atoms with E-state index in [0.29, 0.717) is 0 Å². The zero-order chi connectivity index (χ0) is 11.5. The molecule has 0 fully saturated rings. The fourth-order valence-electron chi connectivity index (χ4n) is 1.06. The lowest BCUT2D eigenvalue weighted by molar-refractivity contribution is 0.102. The quantitative estimate of drug-likeness (QED) is 0.722. The molecular weight excluding hydrogens is 215 g/mol. The fourth-order valence-corrected chi connectivity index (χ4v) is 1.06. The predicted molar refractivity (Wildman–Crippen MR) is 50.9 cm³/mol. The van der Waals surface area contributed by atoms with Gasteiger partial charge in [-0.1, -0.05) is 5.10 Å². The van der Waals surface area contributed by atoms with Crippen LogP contribution in [0, 0.1) is 5.95 Å².